The Bertz CT molecular complexity index is 1100. The molecule has 0 bridgehead atoms. The van der Waals surface area contributed by atoms with Gasteiger partial charge in [-0.3, -0.25) is 14.5 Å². The summed E-state index contributed by atoms with van der Waals surface area (Å²) in [6.07, 6.45) is 4.89. The molecule has 2 heterocycles. The number of benzene rings is 2. The summed E-state index contributed by atoms with van der Waals surface area (Å²) >= 11 is 0. The van der Waals surface area contributed by atoms with E-state index in [2.05, 4.69) is 15.5 Å². The average molecular weight is 446 g/mol. The molecule has 2 fully saturated rings. The number of nitrogens with one attached hydrogen (secondary N) is 2. The van der Waals surface area contributed by atoms with Crippen LogP contribution in [0.25, 0.3) is 0 Å². The van der Waals surface area contributed by atoms with Crippen molar-refractivity contribution in [1.82, 2.24) is 10.2 Å². The Kier molecular flexibility index (Phi) is 6.31. The van der Waals surface area contributed by atoms with Crippen molar-refractivity contribution in [1.29, 1.82) is 5.26 Å². The van der Waals surface area contributed by atoms with Crippen LogP contribution in [0.5, 0.6) is 0 Å². The second-order valence-corrected chi connectivity index (χ2v) is 8.64. The lowest BCUT2D eigenvalue weighted by Crippen LogP contribution is -2.42. The van der Waals surface area contributed by atoms with E-state index >= 15 is 0 Å². The first-order valence-corrected chi connectivity index (χ1v) is 11.2. The van der Waals surface area contributed by atoms with Gasteiger partial charge in [0.1, 0.15) is 12.1 Å². The highest BCUT2D eigenvalue weighted by Gasteiger charge is 2.49. The van der Waals surface area contributed by atoms with Crippen molar-refractivity contribution in [2.45, 2.75) is 38.1 Å². The van der Waals surface area contributed by atoms with Crippen molar-refractivity contribution < 1.29 is 14.4 Å². The van der Waals surface area contributed by atoms with Crippen LogP contribution in [0.1, 0.15) is 43.7 Å². The van der Waals surface area contributed by atoms with Crippen molar-refractivity contribution in [2.24, 2.45) is 0 Å². The van der Waals surface area contributed by atoms with E-state index in [4.69, 9.17) is 5.26 Å². The predicted octanol–water partition coefficient (Wildman–Crippen LogP) is 3.34. The van der Waals surface area contributed by atoms with Crippen LogP contribution in [0.15, 0.2) is 48.5 Å². The van der Waals surface area contributed by atoms with Gasteiger partial charge in [-0.2, -0.15) is 5.26 Å². The summed E-state index contributed by atoms with van der Waals surface area (Å²) < 4.78 is 0. The van der Waals surface area contributed by atoms with Crippen LogP contribution in [-0.4, -0.2) is 42.4 Å². The molecule has 8 heteroatoms. The maximum atomic E-state index is 13.0. The Labute approximate surface area is 193 Å². The van der Waals surface area contributed by atoms with E-state index < -0.39 is 29.9 Å². The van der Waals surface area contributed by atoms with E-state index in [1.54, 1.807) is 31.2 Å². The number of hydrogen-bond donors (Lipinski definition) is 2. The van der Waals surface area contributed by atoms with Gasteiger partial charge in [-0.15, -0.1) is 0 Å². The summed E-state index contributed by atoms with van der Waals surface area (Å²) in [5, 5.41) is 14.6. The number of imide groups is 1. The van der Waals surface area contributed by atoms with Crippen LogP contribution in [0.4, 0.5) is 16.2 Å². The Morgan fingerprint density at radius 1 is 1.09 bits per heavy atom. The molecule has 2 aromatic carbocycles. The van der Waals surface area contributed by atoms with Crippen LogP contribution in [-0.2, 0) is 15.1 Å². The maximum Gasteiger partial charge on any atom is 0.325 e. The Balaban J connectivity index is 1.40. The first kappa shape index (κ1) is 22.3. The summed E-state index contributed by atoms with van der Waals surface area (Å²) in [5.74, 6) is -0.995. The van der Waals surface area contributed by atoms with Crippen molar-refractivity contribution >= 4 is 29.2 Å². The van der Waals surface area contributed by atoms with Crippen molar-refractivity contribution in [3.63, 3.8) is 0 Å². The lowest BCUT2D eigenvalue weighted by Gasteiger charge is -2.23. The maximum absolute atomic E-state index is 13.0. The van der Waals surface area contributed by atoms with Gasteiger partial charge in [-0.05, 0) is 61.7 Å². The molecule has 0 saturated carbocycles. The van der Waals surface area contributed by atoms with Crippen molar-refractivity contribution in [3.05, 3.63) is 59.7 Å². The largest absolute Gasteiger partial charge is 0.372 e. The SMILES string of the molecule is CC1(c2cccc(C#N)c2)NC(=O)N(CC(=O)Nc2ccc(N3CCCCCC3)cc2)C1=O. The van der Waals surface area contributed by atoms with Gasteiger partial charge >= 0.3 is 6.03 Å². The van der Waals surface area contributed by atoms with Gasteiger partial charge in [0.15, 0.2) is 0 Å². The summed E-state index contributed by atoms with van der Waals surface area (Å²) in [7, 11) is 0. The van der Waals surface area contributed by atoms with Crippen molar-refractivity contribution in [2.75, 3.05) is 29.9 Å². The van der Waals surface area contributed by atoms with Crippen molar-refractivity contribution in [3.8, 4) is 6.07 Å². The van der Waals surface area contributed by atoms with E-state index in [0.717, 1.165) is 23.7 Å². The van der Waals surface area contributed by atoms with Crippen LogP contribution in [0, 0.1) is 11.3 Å². The van der Waals surface area contributed by atoms with Crippen LogP contribution in [0.3, 0.4) is 0 Å². The fourth-order valence-electron chi connectivity index (χ4n) is 4.36. The van der Waals surface area contributed by atoms with E-state index in [0.29, 0.717) is 16.8 Å². The Morgan fingerprint density at radius 3 is 2.45 bits per heavy atom. The van der Waals surface area contributed by atoms with Gasteiger partial charge in [-0.25, -0.2) is 4.79 Å². The molecule has 0 aliphatic carbocycles. The third-order valence-electron chi connectivity index (χ3n) is 6.27. The number of nitriles is 1. The third kappa shape index (κ3) is 4.67. The molecule has 1 atom stereocenters. The molecule has 2 aliphatic rings. The van der Waals surface area contributed by atoms with Gasteiger partial charge in [0.2, 0.25) is 5.91 Å². The zero-order valence-electron chi connectivity index (χ0n) is 18.6. The van der Waals surface area contributed by atoms with E-state index in [-0.39, 0.29) is 0 Å². The number of urea groups is 1. The highest BCUT2D eigenvalue weighted by molar-refractivity contribution is 6.10. The smallest absolute Gasteiger partial charge is 0.325 e. The van der Waals surface area contributed by atoms with E-state index in [9.17, 15) is 14.4 Å². The molecule has 2 aliphatic heterocycles. The molecular formula is C25H27N5O3. The summed E-state index contributed by atoms with van der Waals surface area (Å²) in [6.45, 7) is 3.25. The average Bonchev–Trinajstić information content (AvgIpc) is 3.02. The van der Waals surface area contributed by atoms with Gasteiger partial charge in [0.25, 0.3) is 5.91 Å². The number of nitrogens with zero attached hydrogens (tertiary/aromatic N) is 3. The number of carbonyl (C=O) groups excluding carboxylic acids is 3. The fraction of sp³-hybridized carbons (Fsp3) is 0.360. The summed E-state index contributed by atoms with van der Waals surface area (Å²) in [6, 6.07) is 15.5. The number of rotatable bonds is 5. The molecule has 0 aromatic heterocycles. The molecule has 4 amide bonds. The molecule has 2 aromatic rings. The molecule has 170 valence electrons. The fourth-order valence-corrected chi connectivity index (χ4v) is 4.36. The zero-order chi connectivity index (χ0) is 23.4. The molecule has 8 nitrogen and oxygen atoms in total. The zero-order valence-corrected chi connectivity index (χ0v) is 18.6. The van der Waals surface area contributed by atoms with E-state index in [1.165, 1.54) is 25.7 Å². The second kappa shape index (κ2) is 9.33. The molecule has 1 unspecified atom stereocenters. The first-order chi connectivity index (χ1) is 15.9. The summed E-state index contributed by atoms with van der Waals surface area (Å²) in [4.78, 5) is 41.4. The Morgan fingerprint density at radius 2 is 1.79 bits per heavy atom. The third-order valence-corrected chi connectivity index (χ3v) is 6.27. The first-order valence-electron chi connectivity index (χ1n) is 11.2. The Hall–Kier alpha value is -3.86. The minimum atomic E-state index is -1.33. The molecule has 0 radical (unpaired) electrons. The van der Waals surface area contributed by atoms with Gasteiger partial charge in [-0.1, -0.05) is 25.0 Å². The van der Waals surface area contributed by atoms with Crippen LogP contribution < -0.4 is 15.5 Å². The standard InChI is InChI=1S/C25H27N5O3/c1-25(19-8-6-7-18(15-19)16-26)23(32)30(24(33)28-25)17-22(31)27-20-9-11-21(12-10-20)29-13-4-2-3-5-14-29/h6-12,15H,2-5,13-14,17H2,1H3,(H,27,31)(H,28,33). The van der Waals surface area contributed by atoms with Gasteiger partial charge in [0.05, 0.1) is 11.6 Å². The number of anilines is 2. The lowest BCUT2D eigenvalue weighted by molar-refractivity contribution is -0.133. The number of hydrogen-bond acceptors (Lipinski definition) is 5. The predicted molar refractivity (Wildman–Crippen MR) is 125 cm³/mol. The molecule has 4 rings (SSSR count). The topological polar surface area (TPSA) is 106 Å². The van der Waals surface area contributed by atoms with Gasteiger partial charge < -0.3 is 15.5 Å². The molecule has 0 spiro atoms. The molecular weight excluding hydrogens is 418 g/mol. The highest BCUT2D eigenvalue weighted by atomic mass is 16.2. The molecule has 2 saturated heterocycles. The van der Waals surface area contributed by atoms with Gasteiger partial charge in [0, 0.05) is 24.5 Å². The van der Waals surface area contributed by atoms with Crippen LogP contribution >= 0.6 is 0 Å². The minimum Gasteiger partial charge on any atom is -0.372 e. The number of carbonyl (C=O) groups is 3. The molecule has 2 N–H and O–H groups in total. The van der Waals surface area contributed by atoms with Crippen LogP contribution in [0.2, 0.25) is 0 Å². The monoisotopic (exact) mass is 445 g/mol. The quantitative estimate of drug-likeness (QED) is 0.687. The minimum absolute atomic E-state index is 0.385. The van der Waals surface area contributed by atoms with E-state index in [1.807, 2.05) is 30.3 Å². The lowest BCUT2D eigenvalue weighted by atomic mass is 9.91. The second-order valence-electron chi connectivity index (χ2n) is 8.64. The molecule has 33 heavy (non-hydrogen) atoms. The number of amides is 4. The highest BCUT2D eigenvalue weighted by Crippen LogP contribution is 2.29. The summed E-state index contributed by atoms with van der Waals surface area (Å²) in [5.41, 5.74) is 1.27. The normalized spacial score (nSPS) is 20.7.